The number of rotatable bonds is 3. The Morgan fingerprint density at radius 3 is 2.63 bits per heavy atom. The molecule has 2 heterocycles. The van der Waals surface area contributed by atoms with E-state index in [1.54, 1.807) is 6.26 Å². The minimum Gasteiger partial charge on any atom is -0.486 e. The molecule has 0 spiro atoms. The zero-order valence-corrected chi connectivity index (χ0v) is 12.1. The molecule has 100 valence electrons. The van der Waals surface area contributed by atoms with Gasteiger partial charge in [-0.1, -0.05) is 6.07 Å². The highest BCUT2D eigenvalue weighted by molar-refractivity contribution is 9.10. The maximum Gasteiger partial charge on any atom is 0.161 e. The number of benzene rings is 1. The smallest absolute Gasteiger partial charge is 0.161 e. The van der Waals surface area contributed by atoms with E-state index in [0.717, 1.165) is 27.3 Å². The quantitative estimate of drug-likeness (QED) is 0.942. The molecule has 1 unspecified atom stereocenters. The fraction of sp³-hybridized carbons (Fsp3) is 0.286. The van der Waals surface area contributed by atoms with Crippen LogP contribution in [0.3, 0.4) is 0 Å². The van der Waals surface area contributed by atoms with Crippen LogP contribution in [0.25, 0.3) is 0 Å². The van der Waals surface area contributed by atoms with Crippen molar-refractivity contribution in [1.82, 2.24) is 5.32 Å². The Balaban J connectivity index is 1.98. The summed E-state index contributed by atoms with van der Waals surface area (Å²) >= 11 is 3.49. The topological polar surface area (TPSA) is 43.6 Å². The van der Waals surface area contributed by atoms with Gasteiger partial charge in [-0.25, -0.2) is 0 Å². The first-order valence-corrected chi connectivity index (χ1v) is 6.88. The van der Waals surface area contributed by atoms with Gasteiger partial charge in [0.15, 0.2) is 11.5 Å². The molecule has 1 atom stereocenters. The van der Waals surface area contributed by atoms with E-state index < -0.39 is 0 Å². The average Bonchev–Trinajstić information content (AvgIpc) is 2.86. The van der Waals surface area contributed by atoms with Crippen molar-refractivity contribution in [2.45, 2.75) is 6.04 Å². The van der Waals surface area contributed by atoms with Gasteiger partial charge in [0.25, 0.3) is 0 Å². The molecule has 1 aliphatic heterocycles. The van der Waals surface area contributed by atoms with Crippen molar-refractivity contribution in [2.75, 3.05) is 20.3 Å². The lowest BCUT2D eigenvalue weighted by atomic mass is 10.0. The molecule has 1 aromatic heterocycles. The van der Waals surface area contributed by atoms with Crippen LogP contribution in [0.15, 0.2) is 39.4 Å². The van der Waals surface area contributed by atoms with Crippen molar-refractivity contribution in [3.05, 3.63) is 46.3 Å². The van der Waals surface area contributed by atoms with E-state index in [9.17, 15) is 0 Å². The Labute approximate surface area is 119 Å². The van der Waals surface area contributed by atoms with E-state index in [-0.39, 0.29) is 6.04 Å². The third kappa shape index (κ3) is 2.35. The Bertz CT molecular complexity index is 582. The number of ether oxygens (including phenoxy) is 2. The maximum absolute atomic E-state index is 5.61. The lowest BCUT2D eigenvalue weighted by Crippen LogP contribution is -2.19. The molecule has 0 saturated carbocycles. The predicted molar refractivity (Wildman–Crippen MR) is 74.7 cm³/mol. The monoisotopic (exact) mass is 323 g/mol. The number of halogens is 1. The SMILES string of the molecule is CNC(c1ccc2c(c1)OCCO2)c1occc1Br. The van der Waals surface area contributed by atoms with Crippen LogP contribution in [0.4, 0.5) is 0 Å². The molecule has 1 aliphatic rings. The van der Waals surface area contributed by atoms with Gasteiger partial charge in [0, 0.05) is 0 Å². The van der Waals surface area contributed by atoms with Gasteiger partial charge in [-0.05, 0) is 46.7 Å². The Kier molecular flexibility index (Phi) is 3.48. The van der Waals surface area contributed by atoms with Gasteiger partial charge in [0.05, 0.1) is 16.8 Å². The molecule has 2 aromatic rings. The lowest BCUT2D eigenvalue weighted by Gasteiger charge is -2.21. The second-order valence-corrected chi connectivity index (χ2v) is 5.11. The third-order valence-electron chi connectivity index (χ3n) is 3.10. The van der Waals surface area contributed by atoms with Crippen molar-refractivity contribution in [1.29, 1.82) is 0 Å². The highest BCUT2D eigenvalue weighted by Crippen LogP contribution is 2.36. The van der Waals surface area contributed by atoms with Crippen LogP contribution in [0, 0.1) is 0 Å². The first-order valence-electron chi connectivity index (χ1n) is 6.09. The number of hydrogen-bond acceptors (Lipinski definition) is 4. The van der Waals surface area contributed by atoms with Crippen molar-refractivity contribution in [3.8, 4) is 11.5 Å². The highest BCUT2D eigenvalue weighted by Gasteiger charge is 2.21. The molecule has 19 heavy (non-hydrogen) atoms. The molecular weight excluding hydrogens is 310 g/mol. The Morgan fingerprint density at radius 2 is 1.95 bits per heavy atom. The number of hydrogen-bond donors (Lipinski definition) is 1. The van der Waals surface area contributed by atoms with Crippen LogP contribution >= 0.6 is 15.9 Å². The molecule has 1 N–H and O–H groups in total. The van der Waals surface area contributed by atoms with Gasteiger partial charge < -0.3 is 19.2 Å². The zero-order chi connectivity index (χ0) is 13.2. The number of nitrogens with one attached hydrogen (secondary N) is 1. The Hall–Kier alpha value is -1.46. The van der Waals surface area contributed by atoms with Crippen LogP contribution in [0.2, 0.25) is 0 Å². The molecule has 0 aliphatic carbocycles. The van der Waals surface area contributed by atoms with E-state index in [2.05, 4.69) is 21.2 Å². The van der Waals surface area contributed by atoms with E-state index in [0.29, 0.717) is 13.2 Å². The van der Waals surface area contributed by atoms with E-state index in [1.807, 2.05) is 31.3 Å². The van der Waals surface area contributed by atoms with E-state index >= 15 is 0 Å². The Morgan fingerprint density at radius 1 is 1.16 bits per heavy atom. The largest absolute Gasteiger partial charge is 0.486 e. The third-order valence-corrected chi connectivity index (χ3v) is 3.75. The summed E-state index contributed by atoms with van der Waals surface area (Å²) in [6.45, 7) is 1.19. The van der Waals surface area contributed by atoms with Gasteiger partial charge >= 0.3 is 0 Å². The van der Waals surface area contributed by atoms with Gasteiger partial charge in [-0.15, -0.1) is 0 Å². The van der Waals surface area contributed by atoms with Crippen molar-refractivity contribution in [2.24, 2.45) is 0 Å². The molecule has 5 heteroatoms. The van der Waals surface area contributed by atoms with Gasteiger partial charge in [0.2, 0.25) is 0 Å². The molecule has 3 rings (SSSR count). The molecule has 0 bridgehead atoms. The van der Waals surface area contributed by atoms with E-state index in [4.69, 9.17) is 13.9 Å². The average molecular weight is 324 g/mol. The summed E-state index contributed by atoms with van der Waals surface area (Å²) in [4.78, 5) is 0. The fourth-order valence-corrected chi connectivity index (χ4v) is 2.63. The second kappa shape index (κ2) is 5.27. The van der Waals surface area contributed by atoms with Gasteiger partial charge in [0.1, 0.15) is 19.0 Å². The van der Waals surface area contributed by atoms with Crippen molar-refractivity contribution < 1.29 is 13.9 Å². The summed E-state index contributed by atoms with van der Waals surface area (Å²) in [6.07, 6.45) is 1.67. The first-order chi connectivity index (χ1) is 9.29. The van der Waals surface area contributed by atoms with Gasteiger partial charge in [-0.2, -0.15) is 0 Å². The lowest BCUT2D eigenvalue weighted by molar-refractivity contribution is 0.171. The maximum atomic E-state index is 5.61. The summed E-state index contributed by atoms with van der Waals surface area (Å²) in [6, 6.07) is 7.80. The standard InChI is InChI=1S/C14H14BrNO3/c1-16-13(14-10(15)4-5-19-14)9-2-3-11-12(8-9)18-7-6-17-11/h2-5,8,13,16H,6-7H2,1H3. The molecular formula is C14H14BrNO3. The molecule has 4 nitrogen and oxygen atoms in total. The van der Waals surface area contributed by atoms with Gasteiger partial charge in [-0.3, -0.25) is 0 Å². The van der Waals surface area contributed by atoms with Crippen molar-refractivity contribution >= 4 is 15.9 Å². The minimum atomic E-state index is -0.0276. The first kappa shape index (κ1) is 12.6. The summed E-state index contributed by atoms with van der Waals surface area (Å²) < 4.78 is 17.6. The molecule has 0 saturated heterocycles. The van der Waals surface area contributed by atoms with E-state index in [1.165, 1.54) is 0 Å². The second-order valence-electron chi connectivity index (χ2n) is 4.26. The van der Waals surface area contributed by atoms with Crippen LogP contribution in [0.1, 0.15) is 17.4 Å². The molecule has 0 amide bonds. The summed E-state index contributed by atoms with van der Waals surface area (Å²) in [7, 11) is 1.90. The van der Waals surface area contributed by atoms with Crippen LogP contribution in [-0.2, 0) is 0 Å². The normalized spacial score (nSPS) is 15.3. The fourth-order valence-electron chi connectivity index (χ4n) is 2.20. The minimum absolute atomic E-state index is 0.0276. The summed E-state index contributed by atoms with van der Waals surface area (Å²) in [5.74, 6) is 2.43. The zero-order valence-electron chi connectivity index (χ0n) is 10.5. The molecule has 0 fully saturated rings. The van der Waals surface area contributed by atoms with Crippen LogP contribution in [0.5, 0.6) is 11.5 Å². The van der Waals surface area contributed by atoms with Crippen molar-refractivity contribution in [3.63, 3.8) is 0 Å². The highest BCUT2D eigenvalue weighted by atomic mass is 79.9. The summed E-state index contributed by atoms with van der Waals surface area (Å²) in [5.41, 5.74) is 1.07. The van der Waals surface area contributed by atoms with Crippen LogP contribution in [-0.4, -0.2) is 20.3 Å². The molecule has 0 radical (unpaired) electrons. The number of furan rings is 1. The number of fused-ring (bicyclic) bond motifs is 1. The summed E-state index contributed by atoms with van der Waals surface area (Å²) in [5, 5.41) is 3.25. The predicted octanol–water partition coefficient (Wildman–Crippen LogP) is 3.12. The molecule has 1 aromatic carbocycles. The van der Waals surface area contributed by atoms with Crippen LogP contribution < -0.4 is 14.8 Å².